The molecule has 0 aromatic carbocycles. The number of nitriles is 1. The van der Waals surface area contributed by atoms with Crippen molar-refractivity contribution in [3.8, 4) is 5.69 Å². The highest BCUT2D eigenvalue weighted by atomic mass is 35.5. The molecule has 0 aliphatic rings. The van der Waals surface area contributed by atoms with E-state index in [1.54, 1.807) is 0 Å². The van der Waals surface area contributed by atoms with E-state index in [1.165, 1.54) is 0 Å². The number of rotatable bonds is 1. The zero-order valence-corrected chi connectivity index (χ0v) is 7.29. The van der Waals surface area contributed by atoms with E-state index < -0.39 is 12.5 Å². The summed E-state index contributed by atoms with van der Waals surface area (Å²) < 4.78 is -0.465. The second-order valence-electron chi connectivity index (χ2n) is 2.13. The maximum atomic E-state index is 8.41. The topological polar surface area (TPSA) is 23.8 Å². The lowest BCUT2D eigenvalue weighted by Gasteiger charge is -2.10. The molecule has 4 heteroatoms. The Morgan fingerprint density at radius 1 is 1.50 bits per heavy atom. The van der Waals surface area contributed by atoms with Crippen LogP contribution in [0.4, 0.5) is 0 Å². The lowest BCUT2D eigenvalue weighted by molar-refractivity contribution is 1.51. The van der Waals surface area contributed by atoms with Crippen LogP contribution in [-0.4, -0.2) is 12.5 Å². The van der Waals surface area contributed by atoms with Gasteiger partial charge < -0.3 is 0 Å². The van der Waals surface area contributed by atoms with Gasteiger partial charge in [0.2, 0.25) is 8.07 Å². The first-order valence-electron chi connectivity index (χ1n) is 2.20. The van der Waals surface area contributed by atoms with Crippen LogP contribution in [0, 0.1) is 11.0 Å². The van der Waals surface area contributed by atoms with E-state index in [2.05, 4.69) is 5.69 Å². The van der Waals surface area contributed by atoms with Crippen LogP contribution in [0.1, 0.15) is 0 Å². The first-order valence-corrected chi connectivity index (χ1v) is 6.15. The highest BCUT2D eigenvalue weighted by Gasteiger charge is 2.28. The molecule has 8 heavy (non-hydrogen) atoms. The van der Waals surface area contributed by atoms with Crippen molar-refractivity contribution < 1.29 is 0 Å². The van der Waals surface area contributed by atoms with Gasteiger partial charge in [0.05, 0.1) is 0 Å². The lowest BCUT2D eigenvalue weighted by atomic mass is 11.7. The van der Waals surface area contributed by atoms with Crippen LogP contribution in [0.15, 0.2) is 0 Å². The molecule has 1 nitrogen and oxygen atoms in total. The number of alkyl halides is 2. The molecular weight excluding hydrogens is 161 g/mol. The molecule has 0 aromatic heterocycles. The zero-order valence-electron chi connectivity index (χ0n) is 4.78. The van der Waals surface area contributed by atoms with Gasteiger partial charge in [-0.15, -0.1) is 23.2 Å². The fraction of sp³-hybridized carbons (Fsp3) is 0.750. The fourth-order valence-corrected chi connectivity index (χ4v) is 0.439. The Labute approximate surface area is 60.2 Å². The summed E-state index contributed by atoms with van der Waals surface area (Å²) in [4.78, 5) is 0. The first-order chi connectivity index (χ1) is 3.50. The molecular formula is C4H7Cl2NSi. The average molecular weight is 168 g/mol. The van der Waals surface area contributed by atoms with Gasteiger partial charge >= 0.3 is 0 Å². The van der Waals surface area contributed by atoms with Gasteiger partial charge in [0.25, 0.3) is 0 Å². The molecule has 0 saturated heterocycles. The third kappa shape index (κ3) is 2.04. The molecule has 0 heterocycles. The Hall–Kier alpha value is 0.287. The van der Waals surface area contributed by atoms with Crippen molar-refractivity contribution >= 4 is 31.3 Å². The van der Waals surface area contributed by atoms with Gasteiger partial charge in [-0.25, -0.2) is 5.26 Å². The average Bonchev–Trinajstić information content (AvgIpc) is 1.67. The minimum absolute atomic E-state index is 0.465. The Balaban J connectivity index is 3.97. The van der Waals surface area contributed by atoms with E-state index in [-0.39, 0.29) is 0 Å². The smallest absolute Gasteiger partial charge is 0.202 e. The lowest BCUT2D eigenvalue weighted by Crippen LogP contribution is -2.32. The second kappa shape index (κ2) is 2.72. The number of hydrogen-bond acceptors (Lipinski definition) is 1. The van der Waals surface area contributed by atoms with Gasteiger partial charge in [0.15, 0.2) is 0 Å². The number of halogens is 2. The van der Waals surface area contributed by atoms with Crippen molar-refractivity contribution in [2.75, 3.05) is 0 Å². The van der Waals surface area contributed by atoms with Crippen molar-refractivity contribution in [3.05, 3.63) is 0 Å². The van der Waals surface area contributed by atoms with Gasteiger partial charge in [-0.1, -0.05) is 13.1 Å². The molecule has 0 rings (SSSR count). The molecule has 0 aromatic rings. The van der Waals surface area contributed by atoms with Crippen LogP contribution in [0.3, 0.4) is 0 Å². The third-order valence-electron chi connectivity index (χ3n) is 0.834. The summed E-state index contributed by atoms with van der Waals surface area (Å²) in [5.41, 5.74) is 2.12. The van der Waals surface area contributed by atoms with Crippen molar-refractivity contribution in [3.63, 3.8) is 0 Å². The van der Waals surface area contributed by atoms with Gasteiger partial charge in [0.1, 0.15) is 4.46 Å². The maximum Gasteiger partial charge on any atom is 0.202 e. The minimum atomic E-state index is -1.92. The monoisotopic (exact) mass is 167 g/mol. The van der Waals surface area contributed by atoms with Gasteiger partial charge in [0, 0.05) is 5.69 Å². The molecule has 0 N–H and O–H groups in total. The quantitative estimate of drug-likeness (QED) is 0.434. The number of hydrogen-bond donors (Lipinski definition) is 0. The van der Waals surface area contributed by atoms with E-state index in [9.17, 15) is 0 Å². The summed E-state index contributed by atoms with van der Waals surface area (Å²) >= 11 is 10.9. The normalized spacial score (nSPS) is 11.5. The highest BCUT2D eigenvalue weighted by molar-refractivity contribution is 6.97. The number of nitrogens with zero attached hydrogens (tertiary/aromatic N) is 1. The molecule has 0 radical (unpaired) electrons. The van der Waals surface area contributed by atoms with Crippen LogP contribution in [0.2, 0.25) is 13.1 Å². The molecule has 0 saturated carbocycles. The summed E-state index contributed by atoms with van der Waals surface area (Å²) in [6.45, 7) is 3.66. The second-order valence-corrected chi connectivity index (χ2v) is 8.21. The Bertz CT molecular complexity index is 116. The predicted molar refractivity (Wildman–Crippen MR) is 38.6 cm³/mol. The maximum absolute atomic E-state index is 8.41. The SMILES string of the molecule is C[Si](C)(C#N)C(Cl)Cl. The van der Waals surface area contributed by atoms with Crippen molar-refractivity contribution in [1.29, 1.82) is 5.26 Å². The third-order valence-corrected chi connectivity index (χ3v) is 5.77. The van der Waals surface area contributed by atoms with E-state index in [0.29, 0.717) is 0 Å². The van der Waals surface area contributed by atoms with Crippen LogP contribution < -0.4 is 0 Å². The van der Waals surface area contributed by atoms with Crippen LogP contribution in [0.25, 0.3) is 0 Å². The van der Waals surface area contributed by atoms with E-state index >= 15 is 0 Å². The molecule has 0 unspecified atom stereocenters. The van der Waals surface area contributed by atoms with Gasteiger partial charge in [-0.3, -0.25) is 0 Å². The summed E-state index contributed by atoms with van der Waals surface area (Å²) in [5, 5.41) is 8.41. The van der Waals surface area contributed by atoms with Gasteiger partial charge in [-0.05, 0) is 0 Å². The molecule has 0 atom stereocenters. The van der Waals surface area contributed by atoms with Crippen LogP contribution >= 0.6 is 23.2 Å². The largest absolute Gasteiger partial charge is 0.207 e. The van der Waals surface area contributed by atoms with Crippen molar-refractivity contribution in [1.82, 2.24) is 0 Å². The Morgan fingerprint density at radius 2 is 1.88 bits per heavy atom. The molecule has 0 spiro atoms. The fourth-order valence-electron chi connectivity index (χ4n) is 0.0488. The Kier molecular flexibility index (Phi) is 2.82. The van der Waals surface area contributed by atoms with Gasteiger partial charge in [-0.2, -0.15) is 0 Å². The van der Waals surface area contributed by atoms with E-state index in [4.69, 9.17) is 28.5 Å². The first kappa shape index (κ1) is 8.29. The summed E-state index contributed by atoms with van der Waals surface area (Å²) in [5.74, 6) is 0. The molecule has 0 amide bonds. The zero-order chi connectivity index (χ0) is 6.78. The minimum Gasteiger partial charge on any atom is -0.207 e. The molecule has 0 aliphatic carbocycles. The summed E-state index contributed by atoms with van der Waals surface area (Å²) in [7, 11) is -1.92. The standard InChI is InChI=1S/C4H7Cl2NSi/c1-8(2,3-7)4(5)6/h4H,1-2H3. The van der Waals surface area contributed by atoms with Crippen LogP contribution in [-0.2, 0) is 0 Å². The van der Waals surface area contributed by atoms with Crippen molar-refractivity contribution in [2.45, 2.75) is 17.6 Å². The molecule has 0 bridgehead atoms. The summed E-state index contributed by atoms with van der Waals surface area (Å²) in [6.07, 6.45) is 0. The van der Waals surface area contributed by atoms with E-state index in [1.807, 2.05) is 13.1 Å². The molecule has 46 valence electrons. The van der Waals surface area contributed by atoms with Crippen LogP contribution in [0.5, 0.6) is 0 Å². The highest BCUT2D eigenvalue weighted by Crippen LogP contribution is 2.16. The Morgan fingerprint density at radius 3 is 1.88 bits per heavy atom. The summed E-state index contributed by atoms with van der Waals surface area (Å²) in [6, 6.07) is 0. The molecule has 0 fully saturated rings. The molecule has 0 aliphatic heterocycles. The van der Waals surface area contributed by atoms with E-state index in [0.717, 1.165) is 0 Å². The van der Waals surface area contributed by atoms with Crippen molar-refractivity contribution in [2.24, 2.45) is 0 Å². The predicted octanol–water partition coefficient (Wildman–Crippen LogP) is 2.10.